The molecule has 3 heterocycles. The molecule has 8 heteroatoms. The Bertz CT molecular complexity index is 1470. The molecule has 0 saturated carbocycles. The topological polar surface area (TPSA) is 68.0 Å². The zero-order valence-corrected chi connectivity index (χ0v) is 18.9. The minimum absolute atomic E-state index is 0.101. The summed E-state index contributed by atoms with van der Waals surface area (Å²) in [6, 6.07) is 13.5. The van der Waals surface area contributed by atoms with Crippen molar-refractivity contribution < 1.29 is 23.1 Å². The van der Waals surface area contributed by atoms with Crippen LogP contribution in [0.3, 0.4) is 0 Å². The first-order valence-corrected chi connectivity index (χ1v) is 11.2. The highest BCUT2D eigenvalue weighted by Gasteiger charge is 2.35. The molecule has 0 aliphatic carbocycles. The van der Waals surface area contributed by atoms with Crippen LogP contribution in [-0.4, -0.2) is 25.7 Å². The first-order valence-electron chi connectivity index (χ1n) is 11.2. The van der Waals surface area contributed by atoms with Gasteiger partial charge in [0.15, 0.2) is 5.78 Å². The molecule has 1 atom stereocenters. The number of hydrogen-bond donors (Lipinski definition) is 1. The molecule has 2 aromatic heterocycles. The number of pyridine rings is 1. The third-order valence-corrected chi connectivity index (χ3v) is 6.35. The summed E-state index contributed by atoms with van der Waals surface area (Å²) in [5.74, 6) is -0.176. The van der Waals surface area contributed by atoms with Crippen LogP contribution in [0.15, 0.2) is 78.1 Å². The van der Waals surface area contributed by atoms with Gasteiger partial charge in [0, 0.05) is 41.9 Å². The van der Waals surface area contributed by atoms with Crippen molar-refractivity contribution in [1.29, 1.82) is 0 Å². The molecular weight excluding hydrogens is 455 g/mol. The van der Waals surface area contributed by atoms with Crippen molar-refractivity contribution in [2.45, 2.75) is 38.6 Å². The van der Waals surface area contributed by atoms with E-state index in [9.17, 15) is 23.1 Å². The number of ketones is 1. The number of carbonyl (C=O) groups excluding carboxylic acids is 1. The summed E-state index contributed by atoms with van der Waals surface area (Å²) < 4.78 is 42.1. The van der Waals surface area contributed by atoms with Crippen LogP contribution < -0.4 is 0 Å². The van der Waals surface area contributed by atoms with Crippen LogP contribution in [0.1, 0.15) is 41.0 Å². The van der Waals surface area contributed by atoms with Crippen LogP contribution in [0.25, 0.3) is 10.8 Å². The third kappa shape index (κ3) is 4.37. The van der Waals surface area contributed by atoms with Gasteiger partial charge in [0.25, 0.3) is 0 Å². The smallest absolute Gasteiger partial charge is 0.390 e. The van der Waals surface area contributed by atoms with Gasteiger partial charge in [-0.3, -0.25) is 14.5 Å². The van der Waals surface area contributed by atoms with Crippen LogP contribution in [-0.2, 0) is 30.4 Å². The molecule has 1 unspecified atom stereocenters. The predicted molar refractivity (Wildman–Crippen MR) is 125 cm³/mol. The lowest BCUT2D eigenvalue weighted by molar-refractivity contribution is -0.137. The van der Waals surface area contributed by atoms with Gasteiger partial charge >= 0.3 is 6.18 Å². The Morgan fingerprint density at radius 3 is 2.71 bits per heavy atom. The van der Waals surface area contributed by atoms with Crippen LogP contribution in [0.4, 0.5) is 13.2 Å². The number of aliphatic hydroxyl groups is 1. The van der Waals surface area contributed by atoms with E-state index < -0.39 is 17.8 Å². The number of hydrogen-bond acceptors (Lipinski definition) is 4. The molecule has 1 aliphatic rings. The van der Waals surface area contributed by atoms with E-state index in [4.69, 9.17) is 0 Å². The van der Waals surface area contributed by atoms with Crippen LogP contribution in [0.5, 0.6) is 0 Å². The third-order valence-electron chi connectivity index (χ3n) is 6.35. The zero-order chi connectivity index (χ0) is 24.7. The molecule has 2 aromatic carbocycles. The molecular formula is C27H22F3N3O2. The molecule has 4 aromatic rings. The largest absolute Gasteiger partial charge is 0.416 e. The SMILES string of the molecule is CC1=C(C(=O)Cc2ccc3cnccc3c2)C(c2cccc(C(F)(F)F)c2)n2nc(CO)cc2C1. The van der Waals surface area contributed by atoms with Crippen LogP contribution in [0, 0.1) is 0 Å². The Morgan fingerprint density at radius 2 is 1.94 bits per heavy atom. The highest BCUT2D eigenvalue weighted by molar-refractivity contribution is 5.99. The number of halogens is 3. The van der Waals surface area contributed by atoms with Crippen LogP contribution in [0.2, 0.25) is 0 Å². The highest BCUT2D eigenvalue weighted by Crippen LogP contribution is 2.39. The van der Waals surface area contributed by atoms with Gasteiger partial charge in [0.2, 0.25) is 0 Å². The summed E-state index contributed by atoms with van der Waals surface area (Å²) >= 11 is 0. The molecule has 1 N–H and O–H groups in total. The van der Waals surface area contributed by atoms with E-state index in [0.29, 0.717) is 23.3 Å². The lowest BCUT2D eigenvalue weighted by atomic mass is 9.85. The molecule has 178 valence electrons. The van der Waals surface area contributed by atoms with Crippen molar-refractivity contribution in [3.63, 3.8) is 0 Å². The number of allylic oxidation sites excluding steroid dienone is 2. The van der Waals surface area contributed by atoms with E-state index in [-0.39, 0.29) is 18.8 Å². The van der Waals surface area contributed by atoms with E-state index in [0.717, 1.165) is 39.7 Å². The Labute approximate surface area is 199 Å². The summed E-state index contributed by atoms with van der Waals surface area (Å²) in [7, 11) is 0. The number of nitrogens with zero attached hydrogens (tertiary/aromatic N) is 3. The van der Waals surface area contributed by atoms with Gasteiger partial charge in [-0.1, -0.05) is 35.9 Å². The van der Waals surface area contributed by atoms with E-state index in [1.807, 2.05) is 31.2 Å². The Balaban J connectivity index is 1.58. The number of aromatic nitrogens is 3. The standard InChI is InChI=1S/C27H22F3N3O2/c1-16-9-23-13-22(15-34)32-33(23)26(19-3-2-4-21(12-19)27(28,29)30)25(16)24(35)11-17-5-6-20-14-31-8-7-18(20)10-17/h2-8,10,12-14,26,34H,9,11,15H2,1H3. The minimum Gasteiger partial charge on any atom is -0.390 e. The van der Waals surface area contributed by atoms with Gasteiger partial charge in [0.1, 0.15) is 6.04 Å². The Hall–Kier alpha value is -3.78. The first kappa shape index (κ1) is 23.0. The molecule has 0 fully saturated rings. The second-order valence-corrected chi connectivity index (χ2v) is 8.78. The maximum Gasteiger partial charge on any atom is 0.416 e. The van der Waals surface area contributed by atoms with Crippen molar-refractivity contribution in [1.82, 2.24) is 14.8 Å². The number of alkyl halides is 3. The molecule has 5 rings (SSSR count). The maximum atomic E-state index is 13.7. The van der Waals surface area contributed by atoms with Crippen LogP contribution >= 0.6 is 0 Å². The maximum absolute atomic E-state index is 13.7. The number of rotatable bonds is 5. The van der Waals surface area contributed by atoms with Gasteiger partial charge in [-0.05, 0) is 47.7 Å². The summed E-state index contributed by atoms with van der Waals surface area (Å²) in [6.07, 6.45) is -0.562. The molecule has 35 heavy (non-hydrogen) atoms. The fourth-order valence-corrected chi connectivity index (χ4v) is 4.75. The zero-order valence-electron chi connectivity index (χ0n) is 18.9. The highest BCUT2D eigenvalue weighted by atomic mass is 19.4. The number of aliphatic hydroxyl groups excluding tert-OH is 1. The summed E-state index contributed by atoms with van der Waals surface area (Å²) in [5.41, 5.74) is 2.69. The minimum atomic E-state index is -4.52. The Kier molecular flexibility index (Phi) is 5.76. The second-order valence-electron chi connectivity index (χ2n) is 8.78. The number of Topliss-reactive ketones (excluding diaryl/α,β-unsaturated/α-hetero) is 1. The Morgan fingerprint density at radius 1 is 1.11 bits per heavy atom. The molecule has 0 bridgehead atoms. The summed E-state index contributed by atoms with van der Waals surface area (Å²) in [4.78, 5) is 17.8. The van der Waals surface area contributed by atoms with Gasteiger partial charge in [-0.15, -0.1) is 0 Å². The summed E-state index contributed by atoms with van der Waals surface area (Å²) in [6.45, 7) is 1.53. The number of fused-ring (bicyclic) bond motifs is 2. The van der Waals surface area contributed by atoms with E-state index in [2.05, 4.69) is 10.1 Å². The number of benzene rings is 2. The quantitative estimate of drug-likeness (QED) is 0.428. The molecule has 0 radical (unpaired) electrons. The van der Waals surface area contributed by atoms with Crippen molar-refractivity contribution in [3.05, 3.63) is 106 Å². The molecule has 0 spiro atoms. The van der Waals surface area contributed by atoms with Gasteiger partial charge in [-0.2, -0.15) is 18.3 Å². The average Bonchev–Trinajstić information content (AvgIpc) is 3.25. The van der Waals surface area contributed by atoms with Crippen molar-refractivity contribution >= 4 is 16.6 Å². The van der Waals surface area contributed by atoms with Gasteiger partial charge in [0.05, 0.1) is 17.9 Å². The van der Waals surface area contributed by atoms with E-state index >= 15 is 0 Å². The lowest BCUT2D eigenvalue weighted by Crippen LogP contribution is -2.28. The molecule has 5 nitrogen and oxygen atoms in total. The average molecular weight is 477 g/mol. The van der Waals surface area contributed by atoms with Gasteiger partial charge in [-0.25, -0.2) is 0 Å². The molecule has 0 saturated heterocycles. The fraction of sp³-hybridized carbons (Fsp3) is 0.222. The van der Waals surface area contributed by atoms with E-state index in [1.54, 1.807) is 29.2 Å². The van der Waals surface area contributed by atoms with E-state index in [1.165, 1.54) is 6.07 Å². The lowest BCUT2D eigenvalue weighted by Gasteiger charge is -2.29. The summed E-state index contributed by atoms with van der Waals surface area (Å²) in [5, 5.41) is 15.9. The predicted octanol–water partition coefficient (Wildman–Crippen LogP) is 5.22. The monoisotopic (exact) mass is 477 g/mol. The second kappa shape index (κ2) is 8.78. The van der Waals surface area contributed by atoms with Crippen molar-refractivity contribution in [2.24, 2.45) is 0 Å². The van der Waals surface area contributed by atoms with Crippen molar-refractivity contribution in [3.8, 4) is 0 Å². The van der Waals surface area contributed by atoms with Crippen molar-refractivity contribution in [2.75, 3.05) is 0 Å². The molecule has 0 amide bonds. The number of carbonyl (C=O) groups is 1. The fourth-order valence-electron chi connectivity index (χ4n) is 4.75. The normalized spacial score (nSPS) is 16.0. The molecule has 1 aliphatic heterocycles. The van der Waals surface area contributed by atoms with Gasteiger partial charge < -0.3 is 5.11 Å². The first-order chi connectivity index (χ1) is 16.7.